The lowest BCUT2D eigenvalue weighted by atomic mass is 10.3. The summed E-state index contributed by atoms with van der Waals surface area (Å²) in [5.41, 5.74) is 0.336. The zero-order valence-corrected chi connectivity index (χ0v) is 6.60. The number of rotatable bonds is 0. The van der Waals surface area contributed by atoms with Crippen molar-refractivity contribution in [2.45, 2.75) is 24.8 Å². The van der Waals surface area contributed by atoms with E-state index in [2.05, 4.69) is 0 Å². The fourth-order valence-corrected chi connectivity index (χ4v) is 3.79. The molecule has 52 valence electrons. The first-order chi connectivity index (χ1) is 4.11. The third-order valence-corrected chi connectivity index (χ3v) is 5.60. The molecule has 2 heterocycles. The lowest BCUT2D eigenvalue weighted by molar-refractivity contribution is 0.363. The molecule has 2 nitrogen and oxygen atoms in total. The molecule has 0 aliphatic carbocycles. The van der Waals surface area contributed by atoms with Crippen LogP contribution in [0.25, 0.3) is 0 Å². The molecule has 2 fully saturated rings. The number of fused-ring (bicyclic) bond motifs is 1. The van der Waals surface area contributed by atoms with E-state index in [4.69, 9.17) is 4.74 Å². The van der Waals surface area contributed by atoms with E-state index < -0.39 is 7.14 Å². The summed E-state index contributed by atoms with van der Waals surface area (Å²) in [4.78, 5) is 0. The molecule has 0 radical (unpaired) electrons. The molecule has 0 aromatic carbocycles. The van der Waals surface area contributed by atoms with Crippen LogP contribution in [0.15, 0.2) is 0 Å². The molecule has 2 aliphatic rings. The minimum atomic E-state index is -1.77. The molecular weight excluding hydrogens is 135 g/mol. The Kier molecular flexibility index (Phi) is 0.945. The summed E-state index contributed by atoms with van der Waals surface area (Å²) in [6, 6.07) is 0. The van der Waals surface area contributed by atoms with Crippen molar-refractivity contribution in [2.75, 3.05) is 12.8 Å². The molecule has 0 aromatic rings. The average molecular weight is 146 g/mol. The second-order valence-corrected chi connectivity index (χ2v) is 6.76. The van der Waals surface area contributed by atoms with Gasteiger partial charge >= 0.3 is 0 Å². The van der Waals surface area contributed by atoms with Crippen LogP contribution in [0.2, 0.25) is 0 Å². The first-order valence-electron chi connectivity index (χ1n) is 3.33. The Labute approximate surface area is 55.0 Å². The van der Waals surface area contributed by atoms with Crippen molar-refractivity contribution in [3.8, 4) is 0 Å². The van der Waals surface area contributed by atoms with Gasteiger partial charge in [-0.3, -0.25) is 0 Å². The van der Waals surface area contributed by atoms with Crippen LogP contribution in [-0.2, 0) is 9.30 Å². The van der Waals surface area contributed by atoms with Gasteiger partial charge in [-0.05, 0) is 6.66 Å². The molecule has 0 saturated carbocycles. The third-order valence-electron chi connectivity index (χ3n) is 2.50. The highest BCUT2D eigenvalue weighted by molar-refractivity contribution is 7.64. The second kappa shape index (κ2) is 1.43. The maximum atomic E-state index is 11.5. The molecular formula is C6H11O2P. The Balaban J connectivity index is 2.26. The van der Waals surface area contributed by atoms with Gasteiger partial charge in [-0.2, -0.15) is 0 Å². The summed E-state index contributed by atoms with van der Waals surface area (Å²) < 4.78 is 16.7. The topological polar surface area (TPSA) is 29.6 Å². The smallest absolute Gasteiger partial charge is 0.0940 e. The van der Waals surface area contributed by atoms with Gasteiger partial charge in [-0.25, -0.2) is 0 Å². The zero-order valence-electron chi connectivity index (χ0n) is 5.70. The predicted molar refractivity (Wildman–Crippen MR) is 36.5 cm³/mol. The molecule has 4 unspecified atom stereocenters. The van der Waals surface area contributed by atoms with Crippen LogP contribution in [0.1, 0.15) is 6.92 Å². The summed E-state index contributed by atoms with van der Waals surface area (Å²) >= 11 is 0. The SMILES string of the molecule is CC1C2OC2CP1(C)=O. The molecule has 2 saturated heterocycles. The molecule has 0 amide bonds. The quantitative estimate of drug-likeness (QED) is 0.379. The summed E-state index contributed by atoms with van der Waals surface area (Å²) in [6.07, 6.45) is 1.57. The van der Waals surface area contributed by atoms with Crippen LogP contribution >= 0.6 is 7.14 Å². The average Bonchev–Trinajstić information content (AvgIpc) is 2.39. The molecule has 0 N–H and O–H groups in total. The summed E-state index contributed by atoms with van der Waals surface area (Å²) in [5, 5.41) is 0. The minimum Gasteiger partial charge on any atom is -0.368 e. The lowest BCUT2D eigenvalue weighted by Crippen LogP contribution is -2.05. The van der Waals surface area contributed by atoms with Crippen molar-refractivity contribution < 1.29 is 9.30 Å². The minimum absolute atomic E-state index is 0.336. The third kappa shape index (κ3) is 0.699. The molecule has 9 heavy (non-hydrogen) atoms. The van der Waals surface area contributed by atoms with Gasteiger partial charge in [0.05, 0.1) is 19.3 Å². The maximum Gasteiger partial charge on any atom is 0.0940 e. The molecule has 0 aromatic heterocycles. The van der Waals surface area contributed by atoms with Gasteiger partial charge < -0.3 is 9.30 Å². The second-order valence-electron chi connectivity index (χ2n) is 3.24. The Morgan fingerprint density at radius 2 is 2.33 bits per heavy atom. The van der Waals surface area contributed by atoms with Gasteiger partial charge in [-0.1, -0.05) is 6.92 Å². The van der Waals surface area contributed by atoms with E-state index in [1.807, 2.05) is 13.6 Å². The van der Waals surface area contributed by atoms with E-state index in [1.54, 1.807) is 0 Å². The first kappa shape index (κ1) is 5.94. The normalized spacial score (nSPS) is 63.6. The predicted octanol–water partition coefficient (Wildman–Crippen LogP) is 1.15. The van der Waals surface area contributed by atoms with Crippen molar-refractivity contribution in [2.24, 2.45) is 0 Å². The van der Waals surface area contributed by atoms with Crippen molar-refractivity contribution in [3.63, 3.8) is 0 Å². The number of ether oxygens (including phenoxy) is 1. The van der Waals surface area contributed by atoms with Crippen molar-refractivity contribution in [1.82, 2.24) is 0 Å². The first-order valence-corrected chi connectivity index (χ1v) is 5.74. The van der Waals surface area contributed by atoms with E-state index in [1.165, 1.54) is 0 Å². The van der Waals surface area contributed by atoms with Gasteiger partial charge in [-0.15, -0.1) is 0 Å². The molecule has 2 aliphatic heterocycles. The van der Waals surface area contributed by atoms with Crippen molar-refractivity contribution in [3.05, 3.63) is 0 Å². The van der Waals surface area contributed by atoms with E-state index >= 15 is 0 Å². The fourth-order valence-electron chi connectivity index (χ4n) is 1.56. The summed E-state index contributed by atoms with van der Waals surface area (Å²) in [5.74, 6) is 0. The van der Waals surface area contributed by atoms with E-state index in [9.17, 15) is 4.57 Å². The van der Waals surface area contributed by atoms with Crippen LogP contribution in [0, 0.1) is 0 Å². The summed E-state index contributed by atoms with van der Waals surface area (Å²) in [6.45, 7) is 3.94. The molecule has 3 heteroatoms. The van der Waals surface area contributed by atoms with Crippen LogP contribution in [-0.4, -0.2) is 30.7 Å². The van der Waals surface area contributed by atoms with Gasteiger partial charge in [0.15, 0.2) is 0 Å². The van der Waals surface area contributed by atoms with Crippen molar-refractivity contribution >= 4 is 7.14 Å². The van der Waals surface area contributed by atoms with Crippen LogP contribution in [0.3, 0.4) is 0 Å². The van der Waals surface area contributed by atoms with Crippen LogP contribution < -0.4 is 0 Å². The highest BCUT2D eigenvalue weighted by Crippen LogP contribution is 2.61. The zero-order chi connectivity index (χ0) is 6.65. The largest absolute Gasteiger partial charge is 0.368 e. The van der Waals surface area contributed by atoms with Crippen molar-refractivity contribution in [1.29, 1.82) is 0 Å². The van der Waals surface area contributed by atoms with E-state index in [-0.39, 0.29) is 0 Å². The van der Waals surface area contributed by atoms with Gasteiger partial charge in [0.1, 0.15) is 0 Å². The number of hydrogen-bond donors (Lipinski definition) is 0. The van der Waals surface area contributed by atoms with Crippen LogP contribution in [0.4, 0.5) is 0 Å². The molecule has 0 spiro atoms. The van der Waals surface area contributed by atoms with Gasteiger partial charge in [0.25, 0.3) is 0 Å². The monoisotopic (exact) mass is 146 g/mol. The molecule has 4 atom stereocenters. The van der Waals surface area contributed by atoms with E-state index in [0.717, 1.165) is 6.16 Å². The molecule has 0 bridgehead atoms. The fraction of sp³-hybridized carbons (Fsp3) is 1.00. The molecule has 2 rings (SSSR count). The number of hydrogen-bond acceptors (Lipinski definition) is 2. The summed E-state index contributed by atoms with van der Waals surface area (Å²) in [7, 11) is -1.77. The van der Waals surface area contributed by atoms with Gasteiger partial charge in [0, 0.05) is 11.8 Å². The Bertz CT molecular complexity index is 189. The highest BCUT2D eigenvalue weighted by atomic mass is 31.2. The Morgan fingerprint density at radius 3 is 2.56 bits per heavy atom. The van der Waals surface area contributed by atoms with E-state index in [0.29, 0.717) is 17.9 Å². The van der Waals surface area contributed by atoms with Gasteiger partial charge in [0.2, 0.25) is 0 Å². The lowest BCUT2D eigenvalue weighted by Gasteiger charge is -2.12. The Hall–Kier alpha value is 0.190. The Morgan fingerprint density at radius 1 is 1.67 bits per heavy atom. The van der Waals surface area contributed by atoms with Crippen LogP contribution in [0.5, 0.6) is 0 Å². The number of epoxide rings is 1. The highest BCUT2D eigenvalue weighted by Gasteiger charge is 2.57. The standard InChI is InChI=1S/C6H11O2P/c1-4-6-5(8-6)3-9(4,2)7/h4-6H,3H2,1-2H3. The maximum absolute atomic E-state index is 11.5.